The highest BCUT2D eigenvalue weighted by molar-refractivity contribution is 5.97. The van der Waals surface area contributed by atoms with Gasteiger partial charge in [0.2, 0.25) is 0 Å². The normalized spacial score (nSPS) is 16.0. The Bertz CT molecular complexity index is 650. The van der Waals surface area contributed by atoms with E-state index < -0.39 is 11.2 Å². The Kier molecular flexibility index (Phi) is 2.81. The summed E-state index contributed by atoms with van der Waals surface area (Å²) in [6.45, 7) is 1.05. The van der Waals surface area contributed by atoms with Crippen molar-refractivity contribution < 1.29 is 14.4 Å². The van der Waals surface area contributed by atoms with Gasteiger partial charge in [0.05, 0.1) is 23.5 Å². The molecule has 19 heavy (non-hydrogen) atoms. The molecule has 0 aliphatic carbocycles. The molecule has 0 spiro atoms. The Morgan fingerprint density at radius 1 is 1.16 bits per heavy atom. The van der Waals surface area contributed by atoms with Crippen LogP contribution in [0.4, 0.5) is 11.4 Å². The van der Waals surface area contributed by atoms with Crippen LogP contribution in [-0.2, 0) is 9.47 Å². The van der Waals surface area contributed by atoms with Crippen molar-refractivity contribution in [3.05, 3.63) is 46.0 Å². The maximum Gasteiger partial charge on any atom is 0.299 e. The summed E-state index contributed by atoms with van der Waals surface area (Å²) in [4.78, 5) is 10.7. The van der Waals surface area contributed by atoms with Crippen molar-refractivity contribution in [3.8, 4) is 0 Å². The van der Waals surface area contributed by atoms with E-state index in [4.69, 9.17) is 15.2 Å². The molecule has 6 heteroatoms. The first kappa shape index (κ1) is 11.9. The molecule has 2 aromatic carbocycles. The molecule has 0 atom stereocenters. The van der Waals surface area contributed by atoms with Gasteiger partial charge in [-0.15, -0.1) is 0 Å². The number of nitrogens with zero attached hydrogens (tertiary/aromatic N) is 1. The number of benzene rings is 2. The molecule has 2 N–H and O–H groups in total. The van der Waals surface area contributed by atoms with Crippen LogP contribution in [0.3, 0.4) is 0 Å². The van der Waals surface area contributed by atoms with Crippen LogP contribution in [0.1, 0.15) is 11.9 Å². The minimum absolute atomic E-state index is 0.0719. The lowest BCUT2D eigenvalue weighted by Gasteiger charge is -2.13. The van der Waals surface area contributed by atoms with Gasteiger partial charge in [0.1, 0.15) is 5.69 Å². The molecule has 1 heterocycles. The molecule has 98 valence electrons. The zero-order valence-corrected chi connectivity index (χ0v) is 10.0. The van der Waals surface area contributed by atoms with Gasteiger partial charge in [-0.1, -0.05) is 18.2 Å². The molecule has 1 aliphatic heterocycles. The monoisotopic (exact) mass is 260 g/mol. The Morgan fingerprint density at radius 2 is 1.89 bits per heavy atom. The number of nitrogens with two attached hydrogens (primary N) is 1. The number of anilines is 1. The summed E-state index contributed by atoms with van der Waals surface area (Å²) in [5, 5.41) is 12.4. The highest BCUT2D eigenvalue weighted by atomic mass is 16.7. The molecule has 3 rings (SSSR count). The Balaban J connectivity index is 2.26. The van der Waals surface area contributed by atoms with Crippen molar-refractivity contribution >= 4 is 22.1 Å². The average Bonchev–Trinajstić information content (AvgIpc) is 2.90. The number of nitro groups is 1. The highest BCUT2D eigenvalue weighted by Crippen LogP contribution is 2.36. The molecule has 0 aromatic heterocycles. The maximum atomic E-state index is 11.1. The number of hydrogen-bond acceptors (Lipinski definition) is 5. The molecule has 0 saturated carbocycles. The molecule has 0 bridgehead atoms. The SMILES string of the molecule is Nc1ccc2c(C3OCCO3)cccc2c1[N+](=O)[O-]. The summed E-state index contributed by atoms with van der Waals surface area (Å²) in [7, 11) is 0. The van der Waals surface area contributed by atoms with Crippen LogP contribution in [0, 0.1) is 10.1 Å². The lowest BCUT2D eigenvalue weighted by molar-refractivity contribution is -0.382. The van der Waals surface area contributed by atoms with Gasteiger partial charge in [0.15, 0.2) is 6.29 Å². The van der Waals surface area contributed by atoms with E-state index in [0.717, 1.165) is 10.9 Å². The number of nitrogen functional groups attached to an aromatic ring is 1. The zero-order valence-electron chi connectivity index (χ0n) is 10.0. The van der Waals surface area contributed by atoms with Crippen molar-refractivity contribution in [3.63, 3.8) is 0 Å². The Labute approximate surface area is 108 Å². The van der Waals surface area contributed by atoms with E-state index in [1.165, 1.54) is 0 Å². The predicted octanol–water partition coefficient (Wildman–Crippen LogP) is 2.38. The first-order valence-electron chi connectivity index (χ1n) is 5.87. The predicted molar refractivity (Wildman–Crippen MR) is 69.7 cm³/mol. The lowest BCUT2D eigenvalue weighted by atomic mass is 10.0. The minimum Gasteiger partial charge on any atom is -0.393 e. The number of rotatable bonds is 2. The molecule has 0 unspecified atom stereocenters. The molecule has 0 radical (unpaired) electrons. The standard InChI is InChI=1S/C13H12N2O4/c14-11-5-4-8-9(12(11)15(16)17)2-1-3-10(8)13-18-6-7-19-13/h1-5,13H,6-7,14H2. The molecule has 2 aromatic rings. The summed E-state index contributed by atoms with van der Waals surface area (Å²) in [5.74, 6) is 0. The van der Waals surface area contributed by atoms with Gasteiger partial charge < -0.3 is 15.2 Å². The smallest absolute Gasteiger partial charge is 0.299 e. The third-order valence-corrected chi connectivity index (χ3v) is 3.16. The fourth-order valence-electron chi connectivity index (χ4n) is 2.33. The average molecular weight is 260 g/mol. The van der Waals surface area contributed by atoms with Crippen LogP contribution >= 0.6 is 0 Å². The summed E-state index contributed by atoms with van der Waals surface area (Å²) >= 11 is 0. The zero-order chi connectivity index (χ0) is 13.4. The van der Waals surface area contributed by atoms with Crippen LogP contribution in [-0.4, -0.2) is 18.1 Å². The van der Waals surface area contributed by atoms with E-state index in [-0.39, 0.29) is 11.4 Å². The van der Waals surface area contributed by atoms with E-state index >= 15 is 0 Å². The fourth-order valence-corrected chi connectivity index (χ4v) is 2.33. The third-order valence-electron chi connectivity index (χ3n) is 3.16. The second kappa shape index (κ2) is 4.49. The molecule has 0 amide bonds. The Hall–Kier alpha value is -2.18. The summed E-state index contributed by atoms with van der Waals surface area (Å²) in [5.41, 5.74) is 6.56. The molecular weight excluding hydrogens is 248 g/mol. The van der Waals surface area contributed by atoms with Gasteiger partial charge in [0, 0.05) is 5.56 Å². The summed E-state index contributed by atoms with van der Waals surface area (Å²) in [6.07, 6.45) is -0.466. The van der Waals surface area contributed by atoms with Crippen LogP contribution in [0.5, 0.6) is 0 Å². The maximum absolute atomic E-state index is 11.1. The number of fused-ring (bicyclic) bond motifs is 1. The third kappa shape index (κ3) is 1.91. The second-order valence-electron chi connectivity index (χ2n) is 4.28. The van der Waals surface area contributed by atoms with Crippen molar-refractivity contribution in [1.29, 1.82) is 0 Å². The topological polar surface area (TPSA) is 87.6 Å². The van der Waals surface area contributed by atoms with Crippen LogP contribution in [0.25, 0.3) is 10.8 Å². The van der Waals surface area contributed by atoms with Crippen molar-refractivity contribution in [1.82, 2.24) is 0 Å². The van der Waals surface area contributed by atoms with Gasteiger partial charge in [0.25, 0.3) is 5.69 Å². The summed E-state index contributed by atoms with van der Waals surface area (Å²) in [6, 6.07) is 8.58. The van der Waals surface area contributed by atoms with E-state index in [9.17, 15) is 10.1 Å². The molecule has 1 aliphatic rings. The van der Waals surface area contributed by atoms with E-state index in [1.807, 2.05) is 6.07 Å². The quantitative estimate of drug-likeness (QED) is 0.508. The first-order chi connectivity index (χ1) is 9.18. The van der Waals surface area contributed by atoms with Gasteiger partial charge in [-0.25, -0.2) is 0 Å². The van der Waals surface area contributed by atoms with Crippen molar-refractivity contribution in [2.75, 3.05) is 18.9 Å². The number of ether oxygens (including phenoxy) is 2. The van der Waals surface area contributed by atoms with Gasteiger partial charge in [-0.2, -0.15) is 0 Å². The molecular formula is C13H12N2O4. The first-order valence-corrected chi connectivity index (χ1v) is 5.87. The highest BCUT2D eigenvalue weighted by Gasteiger charge is 2.23. The van der Waals surface area contributed by atoms with E-state index in [2.05, 4.69) is 0 Å². The molecule has 1 saturated heterocycles. The van der Waals surface area contributed by atoms with Crippen LogP contribution < -0.4 is 5.73 Å². The minimum atomic E-state index is -0.466. The Morgan fingerprint density at radius 3 is 2.58 bits per heavy atom. The van der Waals surface area contributed by atoms with Crippen LogP contribution in [0.15, 0.2) is 30.3 Å². The second-order valence-corrected chi connectivity index (χ2v) is 4.28. The van der Waals surface area contributed by atoms with E-state index in [1.54, 1.807) is 24.3 Å². The lowest BCUT2D eigenvalue weighted by Crippen LogP contribution is -2.01. The number of nitro benzene ring substituents is 1. The van der Waals surface area contributed by atoms with Crippen molar-refractivity contribution in [2.24, 2.45) is 0 Å². The summed E-state index contributed by atoms with van der Waals surface area (Å²) < 4.78 is 10.9. The van der Waals surface area contributed by atoms with E-state index in [0.29, 0.717) is 18.6 Å². The van der Waals surface area contributed by atoms with Gasteiger partial charge in [-0.3, -0.25) is 10.1 Å². The van der Waals surface area contributed by atoms with Gasteiger partial charge in [-0.05, 0) is 17.5 Å². The number of hydrogen-bond donors (Lipinski definition) is 1. The molecule has 1 fully saturated rings. The molecule has 6 nitrogen and oxygen atoms in total. The van der Waals surface area contributed by atoms with Crippen molar-refractivity contribution in [2.45, 2.75) is 6.29 Å². The van der Waals surface area contributed by atoms with Crippen LogP contribution in [0.2, 0.25) is 0 Å². The fraction of sp³-hybridized carbons (Fsp3) is 0.231. The van der Waals surface area contributed by atoms with Gasteiger partial charge >= 0.3 is 0 Å². The largest absolute Gasteiger partial charge is 0.393 e.